The van der Waals surface area contributed by atoms with Gasteiger partial charge in [0.25, 0.3) is 0 Å². The molecule has 0 aromatic heterocycles. The molecule has 4 rings (SSSR count). The van der Waals surface area contributed by atoms with E-state index in [-0.39, 0.29) is 24.6 Å². The minimum atomic E-state index is -1.34. The van der Waals surface area contributed by atoms with Gasteiger partial charge in [-0.3, -0.25) is 4.90 Å². The summed E-state index contributed by atoms with van der Waals surface area (Å²) in [4.78, 5) is 2.16. The molecule has 0 radical (unpaired) electrons. The molecule has 0 amide bonds. The van der Waals surface area contributed by atoms with Gasteiger partial charge in [0, 0.05) is 11.6 Å². The molecule has 0 bridgehead atoms. The SMILES string of the molecule is C[C@@H]1[C@@H](c2ccccc2)O[C@@](O)(c2ccc(-c3ccccc3)cc2)CN1C.Cl. The quantitative estimate of drug-likeness (QED) is 0.676. The third-order valence-corrected chi connectivity index (χ3v) is 5.49. The highest BCUT2D eigenvalue weighted by Crippen LogP contribution is 2.39. The maximum Gasteiger partial charge on any atom is 0.206 e. The van der Waals surface area contributed by atoms with Gasteiger partial charge in [-0.2, -0.15) is 0 Å². The zero-order chi connectivity index (χ0) is 18.9. The summed E-state index contributed by atoms with van der Waals surface area (Å²) in [5.74, 6) is -1.34. The summed E-state index contributed by atoms with van der Waals surface area (Å²) in [5.41, 5.74) is 4.14. The van der Waals surface area contributed by atoms with Crippen LogP contribution in [0.1, 0.15) is 24.2 Å². The fraction of sp³-hybridized carbons (Fsp3) is 0.250. The van der Waals surface area contributed by atoms with Gasteiger partial charge in [0.15, 0.2) is 0 Å². The molecule has 0 unspecified atom stereocenters. The molecule has 1 N–H and O–H groups in total. The van der Waals surface area contributed by atoms with Crippen LogP contribution in [0.5, 0.6) is 0 Å². The van der Waals surface area contributed by atoms with E-state index in [0.29, 0.717) is 6.54 Å². The molecule has 3 nitrogen and oxygen atoms in total. The van der Waals surface area contributed by atoms with Gasteiger partial charge in [0.2, 0.25) is 5.79 Å². The van der Waals surface area contributed by atoms with Crippen molar-refractivity contribution in [1.29, 1.82) is 0 Å². The molecule has 1 fully saturated rings. The standard InChI is InChI=1S/C24H25NO2.ClH/c1-18-23(21-11-7-4-8-12-21)27-24(26,17-25(18)2)22-15-13-20(14-16-22)19-9-5-3-6-10-19;/h3-16,18,23,26H,17H2,1-2H3;1H/t18-,23+,24-;/m1./s1. The number of ether oxygens (including phenoxy) is 1. The van der Waals surface area contributed by atoms with Crippen LogP contribution in [0.25, 0.3) is 11.1 Å². The fourth-order valence-electron chi connectivity index (χ4n) is 3.76. The molecular weight excluding hydrogens is 370 g/mol. The smallest absolute Gasteiger partial charge is 0.206 e. The van der Waals surface area contributed by atoms with Gasteiger partial charge in [0.05, 0.1) is 6.54 Å². The number of morpholine rings is 1. The van der Waals surface area contributed by atoms with E-state index in [1.807, 2.05) is 67.7 Å². The molecular formula is C24H26ClNO2. The number of rotatable bonds is 3. The normalized spacial score (nSPS) is 25.1. The molecule has 146 valence electrons. The number of aliphatic hydroxyl groups is 1. The van der Waals surface area contributed by atoms with Crippen LogP contribution >= 0.6 is 12.4 Å². The van der Waals surface area contributed by atoms with E-state index < -0.39 is 5.79 Å². The highest BCUT2D eigenvalue weighted by molar-refractivity contribution is 5.85. The predicted molar refractivity (Wildman–Crippen MR) is 115 cm³/mol. The Balaban J connectivity index is 0.00000225. The summed E-state index contributed by atoms with van der Waals surface area (Å²) in [5, 5.41) is 11.4. The van der Waals surface area contributed by atoms with Crippen molar-refractivity contribution in [3.05, 3.63) is 96.1 Å². The zero-order valence-corrected chi connectivity index (χ0v) is 17.0. The van der Waals surface area contributed by atoms with Crippen molar-refractivity contribution in [3.8, 4) is 11.1 Å². The topological polar surface area (TPSA) is 32.7 Å². The van der Waals surface area contributed by atoms with Crippen molar-refractivity contribution in [2.75, 3.05) is 13.6 Å². The molecule has 1 saturated heterocycles. The van der Waals surface area contributed by atoms with E-state index in [1.54, 1.807) is 0 Å². The molecule has 1 heterocycles. The lowest BCUT2D eigenvalue weighted by molar-refractivity contribution is -0.289. The summed E-state index contributed by atoms with van der Waals surface area (Å²) in [6.45, 7) is 2.57. The second-order valence-electron chi connectivity index (χ2n) is 7.33. The number of benzene rings is 3. The Bertz CT molecular complexity index is 885. The van der Waals surface area contributed by atoms with Crippen molar-refractivity contribution in [3.63, 3.8) is 0 Å². The number of hydrogen-bond acceptors (Lipinski definition) is 3. The Kier molecular flexibility index (Phi) is 6.21. The first-order valence-electron chi connectivity index (χ1n) is 9.38. The van der Waals surface area contributed by atoms with Crippen LogP contribution in [0.3, 0.4) is 0 Å². The van der Waals surface area contributed by atoms with Crippen molar-refractivity contribution in [1.82, 2.24) is 4.90 Å². The third kappa shape index (κ3) is 3.98. The van der Waals surface area contributed by atoms with Gasteiger partial charge < -0.3 is 9.84 Å². The number of hydrogen-bond donors (Lipinski definition) is 1. The van der Waals surface area contributed by atoms with E-state index >= 15 is 0 Å². The Morgan fingerprint density at radius 3 is 2.00 bits per heavy atom. The highest BCUT2D eigenvalue weighted by atomic mass is 35.5. The lowest BCUT2D eigenvalue weighted by atomic mass is 9.94. The van der Waals surface area contributed by atoms with E-state index in [0.717, 1.165) is 22.3 Å². The average Bonchev–Trinajstić information content (AvgIpc) is 2.72. The van der Waals surface area contributed by atoms with Gasteiger partial charge in [-0.15, -0.1) is 12.4 Å². The molecule has 1 aliphatic rings. The lowest BCUT2D eigenvalue weighted by Gasteiger charge is -2.46. The van der Waals surface area contributed by atoms with Crippen LogP contribution in [0.15, 0.2) is 84.9 Å². The van der Waals surface area contributed by atoms with Crippen LogP contribution in [0.4, 0.5) is 0 Å². The molecule has 0 saturated carbocycles. The third-order valence-electron chi connectivity index (χ3n) is 5.49. The molecule has 3 aromatic carbocycles. The fourth-order valence-corrected chi connectivity index (χ4v) is 3.76. The Hall–Kier alpha value is -2.17. The van der Waals surface area contributed by atoms with Crippen LogP contribution in [0, 0.1) is 0 Å². The lowest BCUT2D eigenvalue weighted by Crippen LogP contribution is -2.53. The monoisotopic (exact) mass is 395 g/mol. The number of nitrogens with zero attached hydrogens (tertiary/aromatic N) is 1. The molecule has 0 aliphatic carbocycles. The summed E-state index contributed by atoms with van der Waals surface area (Å²) < 4.78 is 6.29. The summed E-state index contributed by atoms with van der Waals surface area (Å²) in [7, 11) is 2.03. The molecule has 4 heteroatoms. The van der Waals surface area contributed by atoms with E-state index in [1.165, 1.54) is 0 Å². The summed E-state index contributed by atoms with van der Waals surface area (Å²) in [6, 6.07) is 28.6. The van der Waals surface area contributed by atoms with Crippen LogP contribution in [0.2, 0.25) is 0 Å². The Morgan fingerprint density at radius 1 is 0.857 bits per heavy atom. The molecule has 28 heavy (non-hydrogen) atoms. The van der Waals surface area contributed by atoms with Crippen molar-refractivity contribution in [2.24, 2.45) is 0 Å². The van der Waals surface area contributed by atoms with Gasteiger partial charge in [-0.05, 0) is 30.7 Å². The van der Waals surface area contributed by atoms with Crippen molar-refractivity contribution in [2.45, 2.75) is 24.9 Å². The van der Waals surface area contributed by atoms with Crippen molar-refractivity contribution >= 4 is 12.4 Å². The predicted octanol–water partition coefficient (Wildman–Crippen LogP) is 5.01. The van der Waals surface area contributed by atoms with Gasteiger partial charge in [-0.25, -0.2) is 0 Å². The van der Waals surface area contributed by atoms with E-state index in [2.05, 4.69) is 36.1 Å². The van der Waals surface area contributed by atoms with Crippen molar-refractivity contribution < 1.29 is 9.84 Å². The first kappa shape index (κ1) is 20.6. The largest absolute Gasteiger partial charge is 0.361 e. The highest BCUT2D eigenvalue weighted by Gasteiger charge is 2.43. The maximum atomic E-state index is 11.4. The minimum absolute atomic E-state index is 0. The average molecular weight is 396 g/mol. The Morgan fingerprint density at radius 2 is 1.39 bits per heavy atom. The molecule has 3 atom stereocenters. The number of halogens is 1. The van der Waals surface area contributed by atoms with Gasteiger partial charge in [0.1, 0.15) is 6.10 Å². The maximum absolute atomic E-state index is 11.4. The first-order chi connectivity index (χ1) is 13.1. The van der Waals surface area contributed by atoms with Crippen LogP contribution in [-0.2, 0) is 10.5 Å². The summed E-state index contributed by atoms with van der Waals surface area (Å²) >= 11 is 0. The van der Waals surface area contributed by atoms with Crippen LogP contribution in [-0.4, -0.2) is 29.6 Å². The van der Waals surface area contributed by atoms with E-state index in [4.69, 9.17) is 4.74 Å². The second-order valence-corrected chi connectivity index (χ2v) is 7.33. The molecule has 1 aliphatic heterocycles. The zero-order valence-electron chi connectivity index (χ0n) is 16.2. The Labute approximate surface area is 173 Å². The molecule has 0 spiro atoms. The minimum Gasteiger partial charge on any atom is -0.361 e. The number of β-amino-alcohol motifs (C(OH)–C–C–N with tert-alkyl or cyclic N) is 1. The summed E-state index contributed by atoms with van der Waals surface area (Å²) in [6.07, 6.45) is -0.191. The number of likely N-dealkylation sites (N-methyl/N-ethyl adjacent to an activating group) is 1. The van der Waals surface area contributed by atoms with Gasteiger partial charge >= 0.3 is 0 Å². The van der Waals surface area contributed by atoms with Crippen LogP contribution < -0.4 is 0 Å². The first-order valence-corrected chi connectivity index (χ1v) is 9.38. The van der Waals surface area contributed by atoms with E-state index in [9.17, 15) is 5.11 Å². The molecule has 3 aromatic rings. The second kappa shape index (κ2) is 8.46. The van der Waals surface area contributed by atoms with Gasteiger partial charge in [-0.1, -0.05) is 84.9 Å².